The topological polar surface area (TPSA) is 32.3 Å². The van der Waals surface area contributed by atoms with Crippen molar-refractivity contribution in [3.8, 4) is 0 Å². The summed E-state index contributed by atoms with van der Waals surface area (Å²) in [7, 11) is 0. The summed E-state index contributed by atoms with van der Waals surface area (Å²) in [4.78, 5) is 15.5. The molecule has 0 radical (unpaired) electrons. The summed E-state index contributed by atoms with van der Waals surface area (Å²) in [5, 5.41) is 3.36. The molecule has 0 atom stereocenters. The normalized spacial score (nSPS) is 16.6. The first-order valence-electron chi connectivity index (χ1n) is 9.63. The summed E-state index contributed by atoms with van der Waals surface area (Å²) in [6.07, 6.45) is 3.07. The third-order valence-corrected chi connectivity index (χ3v) is 5.31. The van der Waals surface area contributed by atoms with Crippen LogP contribution in [0.4, 0.5) is 11.4 Å². The second-order valence-electron chi connectivity index (χ2n) is 8.94. The van der Waals surface area contributed by atoms with Gasteiger partial charge in [-0.3, -0.25) is 4.79 Å². The molecule has 0 spiro atoms. The largest absolute Gasteiger partial charge is 0.372 e. The second-order valence-corrected chi connectivity index (χ2v) is 8.94. The summed E-state index contributed by atoms with van der Waals surface area (Å²) in [6, 6.07) is 17.8. The molecule has 2 aromatic carbocycles. The van der Waals surface area contributed by atoms with E-state index in [1.807, 2.05) is 54.6 Å². The predicted molar refractivity (Wildman–Crippen MR) is 113 cm³/mol. The minimum absolute atomic E-state index is 0.0193. The predicted octanol–water partition coefficient (Wildman–Crippen LogP) is 6.03. The van der Waals surface area contributed by atoms with Crippen molar-refractivity contribution < 1.29 is 4.79 Å². The standard InChI is InChI=1S/C24H30N2O/c1-23(2,3)26-16-15-24(4,5)21(17-26)22(27)18-11-13-20(14-12-18)25-19-9-7-6-8-10-19/h6-14,17,25H,15-16H2,1-5H3. The maximum absolute atomic E-state index is 13.2. The number of anilines is 2. The maximum atomic E-state index is 13.2. The molecule has 27 heavy (non-hydrogen) atoms. The van der Waals surface area contributed by atoms with Gasteiger partial charge >= 0.3 is 0 Å². The molecule has 0 bridgehead atoms. The number of allylic oxidation sites excluding steroid dienone is 1. The number of carbonyl (C=O) groups is 1. The minimum Gasteiger partial charge on any atom is -0.372 e. The number of rotatable bonds is 4. The first-order valence-corrected chi connectivity index (χ1v) is 9.63. The second kappa shape index (κ2) is 7.22. The number of para-hydroxylation sites is 1. The Balaban J connectivity index is 1.82. The van der Waals surface area contributed by atoms with Gasteiger partial charge in [0, 0.05) is 40.8 Å². The van der Waals surface area contributed by atoms with Crippen molar-refractivity contribution in [2.45, 2.75) is 46.6 Å². The molecular weight excluding hydrogens is 332 g/mol. The average molecular weight is 363 g/mol. The molecule has 0 saturated carbocycles. The van der Waals surface area contributed by atoms with Crippen LogP contribution in [0.5, 0.6) is 0 Å². The number of hydrogen-bond donors (Lipinski definition) is 1. The van der Waals surface area contributed by atoms with E-state index in [0.29, 0.717) is 0 Å². The van der Waals surface area contributed by atoms with Crippen molar-refractivity contribution in [1.82, 2.24) is 4.90 Å². The highest BCUT2D eigenvalue weighted by molar-refractivity contribution is 6.09. The number of Topliss-reactive ketones (excluding diaryl/α,β-unsaturated/α-hetero) is 1. The molecule has 3 nitrogen and oxygen atoms in total. The van der Waals surface area contributed by atoms with E-state index in [2.05, 4.69) is 51.0 Å². The fraction of sp³-hybridized carbons (Fsp3) is 0.375. The molecule has 0 aromatic heterocycles. The first-order chi connectivity index (χ1) is 12.7. The lowest BCUT2D eigenvalue weighted by Crippen LogP contribution is -2.44. The van der Waals surface area contributed by atoms with Gasteiger partial charge in [-0.1, -0.05) is 32.0 Å². The van der Waals surface area contributed by atoms with Crippen LogP contribution in [-0.4, -0.2) is 22.8 Å². The van der Waals surface area contributed by atoms with E-state index in [0.717, 1.165) is 35.5 Å². The van der Waals surface area contributed by atoms with Gasteiger partial charge in [-0.2, -0.15) is 0 Å². The molecule has 1 aliphatic rings. The molecule has 0 fully saturated rings. The monoisotopic (exact) mass is 362 g/mol. The highest BCUT2D eigenvalue weighted by Crippen LogP contribution is 2.38. The van der Waals surface area contributed by atoms with Crippen LogP contribution < -0.4 is 5.32 Å². The van der Waals surface area contributed by atoms with Crippen molar-refractivity contribution >= 4 is 17.2 Å². The third kappa shape index (κ3) is 4.41. The van der Waals surface area contributed by atoms with Crippen LogP contribution in [-0.2, 0) is 0 Å². The van der Waals surface area contributed by atoms with Crippen molar-refractivity contribution in [3.63, 3.8) is 0 Å². The van der Waals surface area contributed by atoms with Crippen molar-refractivity contribution in [2.75, 3.05) is 11.9 Å². The van der Waals surface area contributed by atoms with Gasteiger partial charge in [0.2, 0.25) is 0 Å². The lowest BCUT2D eigenvalue weighted by Gasteiger charge is -2.43. The van der Waals surface area contributed by atoms with Gasteiger partial charge in [0.25, 0.3) is 0 Å². The van der Waals surface area contributed by atoms with Crippen molar-refractivity contribution in [1.29, 1.82) is 0 Å². The van der Waals surface area contributed by atoms with Crippen LogP contribution in [0.3, 0.4) is 0 Å². The number of carbonyl (C=O) groups excluding carboxylic acids is 1. The molecule has 1 N–H and O–H groups in total. The molecule has 0 saturated heterocycles. The Morgan fingerprint density at radius 2 is 1.56 bits per heavy atom. The number of nitrogens with one attached hydrogen (secondary N) is 1. The zero-order chi connectivity index (χ0) is 19.7. The Bertz CT molecular complexity index is 827. The number of nitrogens with zero attached hydrogens (tertiary/aromatic N) is 1. The number of ketones is 1. The molecule has 2 aromatic rings. The Labute approximate surface area is 163 Å². The number of hydrogen-bond acceptors (Lipinski definition) is 3. The highest BCUT2D eigenvalue weighted by Gasteiger charge is 2.35. The summed E-state index contributed by atoms with van der Waals surface area (Å²) < 4.78 is 0. The molecule has 3 rings (SSSR count). The molecule has 0 unspecified atom stereocenters. The molecule has 142 valence electrons. The summed E-state index contributed by atoms with van der Waals surface area (Å²) in [5.74, 6) is 0.125. The SMILES string of the molecule is CC1(C)CCN(C(C)(C)C)C=C1C(=O)c1ccc(Nc2ccccc2)cc1. The van der Waals surface area contributed by atoms with Gasteiger partial charge in [-0.15, -0.1) is 0 Å². The van der Waals surface area contributed by atoms with E-state index >= 15 is 0 Å². The van der Waals surface area contributed by atoms with E-state index < -0.39 is 0 Å². The highest BCUT2D eigenvalue weighted by atomic mass is 16.1. The van der Waals surface area contributed by atoms with Gasteiger partial charge in [0.15, 0.2) is 5.78 Å². The smallest absolute Gasteiger partial charge is 0.191 e. The Morgan fingerprint density at radius 1 is 0.963 bits per heavy atom. The molecular formula is C24H30N2O. The minimum atomic E-state index is -0.111. The van der Waals surface area contributed by atoms with Crippen LogP contribution in [0, 0.1) is 5.41 Å². The number of benzene rings is 2. The summed E-state index contributed by atoms with van der Waals surface area (Å²) in [5.41, 5.74) is 3.56. The summed E-state index contributed by atoms with van der Waals surface area (Å²) in [6.45, 7) is 11.9. The molecule has 1 aliphatic heterocycles. The lowest BCUT2D eigenvalue weighted by atomic mass is 9.75. The van der Waals surface area contributed by atoms with E-state index in [-0.39, 0.29) is 16.7 Å². The Kier molecular flexibility index (Phi) is 5.14. The van der Waals surface area contributed by atoms with Crippen LogP contribution in [0.2, 0.25) is 0 Å². The van der Waals surface area contributed by atoms with E-state index in [1.165, 1.54) is 0 Å². The zero-order valence-electron chi connectivity index (χ0n) is 17.0. The van der Waals surface area contributed by atoms with E-state index in [4.69, 9.17) is 0 Å². The molecule has 1 heterocycles. The van der Waals surface area contributed by atoms with Crippen LogP contribution in [0.25, 0.3) is 0 Å². The average Bonchev–Trinajstić information content (AvgIpc) is 2.61. The van der Waals surface area contributed by atoms with Crippen molar-refractivity contribution in [3.05, 3.63) is 71.9 Å². The van der Waals surface area contributed by atoms with Crippen LogP contribution in [0.1, 0.15) is 51.4 Å². The molecule has 0 aliphatic carbocycles. The Hall–Kier alpha value is -2.55. The van der Waals surface area contributed by atoms with Gasteiger partial charge in [0.1, 0.15) is 0 Å². The van der Waals surface area contributed by atoms with Crippen LogP contribution in [0.15, 0.2) is 66.4 Å². The third-order valence-electron chi connectivity index (χ3n) is 5.31. The Morgan fingerprint density at radius 3 is 2.15 bits per heavy atom. The van der Waals surface area contributed by atoms with E-state index in [9.17, 15) is 4.79 Å². The lowest BCUT2D eigenvalue weighted by molar-refractivity contribution is 0.0964. The maximum Gasteiger partial charge on any atom is 0.191 e. The van der Waals surface area contributed by atoms with Gasteiger partial charge < -0.3 is 10.2 Å². The fourth-order valence-electron chi connectivity index (χ4n) is 3.37. The van der Waals surface area contributed by atoms with Gasteiger partial charge in [-0.25, -0.2) is 0 Å². The quantitative estimate of drug-likeness (QED) is 0.674. The molecule has 3 heteroatoms. The molecule has 0 amide bonds. The van der Waals surface area contributed by atoms with E-state index in [1.54, 1.807) is 0 Å². The summed E-state index contributed by atoms with van der Waals surface area (Å²) >= 11 is 0. The van der Waals surface area contributed by atoms with Gasteiger partial charge in [0.05, 0.1) is 0 Å². The first kappa shape index (κ1) is 19.2. The van der Waals surface area contributed by atoms with Gasteiger partial charge in [-0.05, 0) is 69.0 Å². The van der Waals surface area contributed by atoms with Crippen LogP contribution >= 0.6 is 0 Å². The zero-order valence-corrected chi connectivity index (χ0v) is 17.0. The fourth-order valence-corrected chi connectivity index (χ4v) is 3.37. The van der Waals surface area contributed by atoms with Crippen molar-refractivity contribution in [2.24, 2.45) is 5.41 Å².